The van der Waals surface area contributed by atoms with Crippen LogP contribution in [0.1, 0.15) is 12.8 Å². The molecule has 1 aliphatic heterocycles. The van der Waals surface area contributed by atoms with Gasteiger partial charge in [-0.3, -0.25) is 4.79 Å². The molecule has 52 valence electrons. The van der Waals surface area contributed by atoms with Crippen LogP contribution < -0.4 is 0 Å². The van der Waals surface area contributed by atoms with E-state index in [1.807, 2.05) is 0 Å². The molecule has 1 fully saturated rings. The van der Waals surface area contributed by atoms with Gasteiger partial charge in [-0.05, 0) is 12.8 Å². The Morgan fingerprint density at radius 3 is 3.00 bits per heavy atom. The molecule has 0 N–H and O–H groups in total. The monoisotopic (exact) mass is 192 g/mol. The Morgan fingerprint density at radius 1 is 1.78 bits per heavy atom. The average molecular weight is 193 g/mol. The molecule has 1 saturated heterocycles. The molecule has 1 atom stereocenters. The molecule has 0 aromatic heterocycles. The van der Waals surface area contributed by atoms with E-state index in [1.54, 1.807) is 0 Å². The van der Waals surface area contributed by atoms with Crippen LogP contribution in [-0.4, -0.2) is 17.9 Å². The van der Waals surface area contributed by atoms with Crippen molar-refractivity contribution in [1.82, 2.24) is 0 Å². The van der Waals surface area contributed by atoms with Crippen LogP contribution in [0.3, 0.4) is 0 Å². The minimum atomic E-state index is -0.0434. The number of hydrogen-bond donors (Lipinski definition) is 0. The van der Waals surface area contributed by atoms with Crippen molar-refractivity contribution in [2.45, 2.75) is 12.8 Å². The molecule has 0 aliphatic carbocycles. The van der Waals surface area contributed by atoms with Gasteiger partial charge < -0.3 is 4.74 Å². The van der Waals surface area contributed by atoms with E-state index in [2.05, 4.69) is 15.9 Å². The summed E-state index contributed by atoms with van der Waals surface area (Å²) < 4.78 is 4.81. The molecule has 2 nitrogen and oxygen atoms in total. The van der Waals surface area contributed by atoms with Gasteiger partial charge in [0, 0.05) is 5.33 Å². The first-order valence-electron chi connectivity index (χ1n) is 3.07. The number of rotatable bonds is 1. The van der Waals surface area contributed by atoms with Gasteiger partial charge in [0.25, 0.3) is 0 Å². The lowest BCUT2D eigenvalue weighted by Crippen LogP contribution is -2.24. The van der Waals surface area contributed by atoms with Gasteiger partial charge in [-0.2, -0.15) is 0 Å². The second-order valence-electron chi connectivity index (χ2n) is 2.16. The maximum Gasteiger partial charge on any atom is 0.309 e. The molecule has 0 bridgehead atoms. The average Bonchev–Trinajstić information content (AvgIpc) is 1.89. The van der Waals surface area contributed by atoms with E-state index in [-0.39, 0.29) is 11.9 Å². The van der Waals surface area contributed by atoms with Crippen LogP contribution in [-0.2, 0) is 9.53 Å². The van der Waals surface area contributed by atoms with E-state index in [4.69, 9.17) is 4.74 Å². The number of hydrogen-bond acceptors (Lipinski definition) is 2. The molecule has 0 aromatic carbocycles. The maximum atomic E-state index is 10.8. The van der Waals surface area contributed by atoms with Gasteiger partial charge in [0.05, 0.1) is 12.5 Å². The predicted molar refractivity (Wildman–Crippen MR) is 37.5 cm³/mol. The molecule has 0 aromatic rings. The summed E-state index contributed by atoms with van der Waals surface area (Å²) in [5.41, 5.74) is 0. The molecule has 9 heavy (non-hydrogen) atoms. The highest BCUT2D eigenvalue weighted by atomic mass is 79.9. The summed E-state index contributed by atoms with van der Waals surface area (Å²) in [6.45, 7) is 0.613. The second kappa shape index (κ2) is 3.20. The fourth-order valence-corrected chi connectivity index (χ4v) is 1.47. The lowest BCUT2D eigenvalue weighted by molar-refractivity contribution is -0.151. The Bertz CT molecular complexity index is 114. The van der Waals surface area contributed by atoms with Crippen LogP contribution in [0.4, 0.5) is 0 Å². The van der Waals surface area contributed by atoms with Crippen molar-refractivity contribution in [3.8, 4) is 0 Å². The largest absolute Gasteiger partial charge is 0.465 e. The highest BCUT2D eigenvalue weighted by Gasteiger charge is 2.21. The van der Waals surface area contributed by atoms with Gasteiger partial charge in [0.15, 0.2) is 0 Å². The summed E-state index contributed by atoms with van der Waals surface area (Å²) in [4.78, 5) is 10.8. The summed E-state index contributed by atoms with van der Waals surface area (Å²) in [5.74, 6) is 0.0666. The van der Waals surface area contributed by atoms with E-state index in [0.717, 1.165) is 18.2 Å². The van der Waals surface area contributed by atoms with Gasteiger partial charge in [0.2, 0.25) is 0 Å². The summed E-state index contributed by atoms with van der Waals surface area (Å²) in [7, 11) is 0. The molecule has 0 spiro atoms. The van der Waals surface area contributed by atoms with Gasteiger partial charge >= 0.3 is 5.97 Å². The quantitative estimate of drug-likeness (QED) is 0.463. The maximum absolute atomic E-state index is 10.8. The van der Waals surface area contributed by atoms with Crippen LogP contribution >= 0.6 is 15.9 Å². The van der Waals surface area contributed by atoms with Crippen molar-refractivity contribution in [2.75, 3.05) is 11.9 Å². The lowest BCUT2D eigenvalue weighted by atomic mass is 10.0. The Balaban J connectivity index is 2.39. The van der Waals surface area contributed by atoms with E-state index in [0.29, 0.717) is 6.61 Å². The molecule has 1 heterocycles. The molecular formula is C6H9BrO2. The number of ether oxygens (including phenoxy) is 1. The number of alkyl halides is 1. The Labute approximate surface area is 62.7 Å². The molecular weight excluding hydrogens is 184 g/mol. The number of carbonyl (C=O) groups is 1. The Morgan fingerprint density at radius 2 is 2.56 bits per heavy atom. The highest BCUT2D eigenvalue weighted by molar-refractivity contribution is 9.09. The zero-order valence-corrected chi connectivity index (χ0v) is 6.69. The van der Waals surface area contributed by atoms with Crippen molar-refractivity contribution >= 4 is 21.9 Å². The van der Waals surface area contributed by atoms with Crippen LogP contribution in [0.2, 0.25) is 0 Å². The van der Waals surface area contributed by atoms with Crippen LogP contribution in [0.25, 0.3) is 0 Å². The topological polar surface area (TPSA) is 26.3 Å². The van der Waals surface area contributed by atoms with Crippen LogP contribution in [0.5, 0.6) is 0 Å². The lowest BCUT2D eigenvalue weighted by Gasteiger charge is -2.17. The molecule has 0 radical (unpaired) electrons. The van der Waals surface area contributed by atoms with Crippen LogP contribution in [0, 0.1) is 5.92 Å². The zero-order valence-electron chi connectivity index (χ0n) is 5.10. The fraction of sp³-hybridized carbons (Fsp3) is 0.833. The van der Waals surface area contributed by atoms with Crippen molar-refractivity contribution < 1.29 is 9.53 Å². The summed E-state index contributed by atoms with van der Waals surface area (Å²) in [5, 5.41) is 0.742. The normalized spacial score (nSPS) is 27.7. The van der Waals surface area contributed by atoms with E-state index in [1.165, 1.54) is 0 Å². The first kappa shape index (κ1) is 7.06. The smallest absolute Gasteiger partial charge is 0.309 e. The third-order valence-corrected chi connectivity index (χ3v) is 2.24. The Kier molecular flexibility index (Phi) is 2.51. The van der Waals surface area contributed by atoms with Crippen LogP contribution in [0.15, 0.2) is 0 Å². The van der Waals surface area contributed by atoms with E-state index >= 15 is 0 Å². The first-order chi connectivity index (χ1) is 4.34. The number of cyclic esters (lactones) is 1. The summed E-state index contributed by atoms with van der Waals surface area (Å²) >= 11 is 3.25. The molecule has 0 saturated carbocycles. The Hall–Kier alpha value is -0.0500. The standard InChI is InChI=1S/C6H9BrO2/c7-4-5-2-1-3-9-6(5)8/h5H,1-4H2. The van der Waals surface area contributed by atoms with Gasteiger partial charge in [-0.1, -0.05) is 15.9 Å². The first-order valence-corrected chi connectivity index (χ1v) is 4.19. The van der Waals surface area contributed by atoms with Crippen molar-refractivity contribution in [2.24, 2.45) is 5.92 Å². The van der Waals surface area contributed by atoms with Crippen molar-refractivity contribution in [1.29, 1.82) is 0 Å². The highest BCUT2D eigenvalue weighted by Crippen LogP contribution is 2.16. The summed E-state index contributed by atoms with van der Waals surface area (Å²) in [6, 6.07) is 0. The van der Waals surface area contributed by atoms with Gasteiger partial charge in [-0.25, -0.2) is 0 Å². The van der Waals surface area contributed by atoms with E-state index < -0.39 is 0 Å². The third-order valence-electron chi connectivity index (χ3n) is 1.46. The number of carbonyl (C=O) groups excluding carboxylic acids is 1. The third kappa shape index (κ3) is 1.68. The fourth-order valence-electron chi connectivity index (χ4n) is 0.878. The summed E-state index contributed by atoms with van der Waals surface area (Å²) in [6.07, 6.45) is 1.99. The predicted octanol–water partition coefficient (Wildman–Crippen LogP) is 1.33. The number of halogens is 1. The second-order valence-corrected chi connectivity index (χ2v) is 2.81. The minimum absolute atomic E-state index is 0.0434. The van der Waals surface area contributed by atoms with Gasteiger partial charge in [0.1, 0.15) is 0 Å². The minimum Gasteiger partial charge on any atom is -0.465 e. The molecule has 0 amide bonds. The molecule has 1 unspecified atom stereocenters. The molecule has 1 aliphatic rings. The number of esters is 1. The van der Waals surface area contributed by atoms with Crippen molar-refractivity contribution in [3.05, 3.63) is 0 Å². The molecule has 3 heteroatoms. The molecule has 1 rings (SSSR count). The zero-order chi connectivity index (χ0) is 6.69. The SMILES string of the molecule is O=C1OCCCC1CBr. The van der Waals surface area contributed by atoms with Gasteiger partial charge in [-0.15, -0.1) is 0 Å². The van der Waals surface area contributed by atoms with Crippen molar-refractivity contribution in [3.63, 3.8) is 0 Å². The van der Waals surface area contributed by atoms with E-state index in [9.17, 15) is 4.79 Å².